The third-order valence-corrected chi connectivity index (χ3v) is 5.33. The third kappa shape index (κ3) is 3.47. The van der Waals surface area contributed by atoms with Gasteiger partial charge in [0.2, 0.25) is 0 Å². The second-order valence-corrected chi connectivity index (χ2v) is 7.11. The first-order valence-corrected chi connectivity index (χ1v) is 9.48. The average Bonchev–Trinajstić information content (AvgIpc) is 3.06. The fraction of sp³-hybridized carbons (Fsp3) is 0.261. The van der Waals surface area contributed by atoms with E-state index in [9.17, 15) is 4.79 Å². The summed E-state index contributed by atoms with van der Waals surface area (Å²) in [7, 11) is 0. The molecule has 4 nitrogen and oxygen atoms in total. The fourth-order valence-electron chi connectivity index (χ4n) is 3.82. The van der Waals surface area contributed by atoms with Gasteiger partial charge in [-0.15, -0.1) is 0 Å². The van der Waals surface area contributed by atoms with E-state index in [1.807, 2.05) is 35.2 Å². The Balaban J connectivity index is 1.43. The van der Waals surface area contributed by atoms with Crippen molar-refractivity contribution in [2.45, 2.75) is 13.8 Å². The summed E-state index contributed by atoms with van der Waals surface area (Å²) in [5.41, 5.74) is 5.48. The zero-order chi connectivity index (χ0) is 18.8. The van der Waals surface area contributed by atoms with Crippen LogP contribution in [0, 0.1) is 13.8 Å². The molecule has 1 saturated heterocycles. The Bertz CT molecular complexity index is 901. The van der Waals surface area contributed by atoms with Gasteiger partial charge in [0.25, 0.3) is 5.91 Å². The molecule has 27 heavy (non-hydrogen) atoms. The quantitative estimate of drug-likeness (QED) is 0.706. The number of hydrogen-bond donors (Lipinski definition) is 0. The van der Waals surface area contributed by atoms with Crippen molar-refractivity contribution in [3.63, 3.8) is 0 Å². The first kappa shape index (κ1) is 17.4. The SMILES string of the molecule is Cc1ccc(C)n1-c1ccc(C(=O)N2CCN(c3ccccc3)CC2)cc1. The third-order valence-electron chi connectivity index (χ3n) is 5.33. The van der Waals surface area contributed by atoms with E-state index >= 15 is 0 Å². The maximum atomic E-state index is 12.9. The number of carbonyl (C=O) groups excluding carboxylic acids is 1. The molecule has 2 heterocycles. The highest BCUT2D eigenvalue weighted by molar-refractivity contribution is 5.94. The van der Waals surface area contributed by atoms with Gasteiger partial charge in [-0.05, 0) is 62.4 Å². The van der Waals surface area contributed by atoms with E-state index in [1.54, 1.807) is 0 Å². The molecular formula is C23H25N3O. The fourth-order valence-corrected chi connectivity index (χ4v) is 3.82. The van der Waals surface area contributed by atoms with Crippen LogP contribution < -0.4 is 4.90 Å². The van der Waals surface area contributed by atoms with Crippen LogP contribution in [0.2, 0.25) is 0 Å². The Labute approximate surface area is 160 Å². The number of rotatable bonds is 3. The molecule has 1 aliphatic rings. The van der Waals surface area contributed by atoms with Crippen LogP contribution in [0.15, 0.2) is 66.7 Å². The normalized spacial score (nSPS) is 14.4. The van der Waals surface area contributed by atoms with E-state index in [1.165, 1.54) is 17.1 Å². The van der Waals surface area contributed by atoms with Crippen LogP contribution in [-0.4, -0.2) is 41.6 Å². The standard InChI is InChI=1S/C23H25N3O/c1-18-8-9-19(2)26(18)22-12-10-20(11-13-22)23(27)25-16-14-24(15-17-25)21-6-4-3-5-7-21/h3-13H,14-17H2,1-2H3. The average molecular weight is 359 g/mol. The Kier molecular flexibility index (Phi) is 4.71. The molecule has 1 amide bonds. The molecule has 0 radical (unpaired) electrons. The summed E-state index contributed by atoms with van der Waals surface area (Å²) in [4.78, 5) is 17.2. The number of amides is 1. The molecule has 2 aromatic carbocycles. The van der Waals surface area contributed by atoms with E-state index in [0.717, 1.165) is 37.4 Å². The van der Waals surface area contributed by atoms with Crippen molar-refractivity contribution in [1.82, 2.24) is 9.47 Å². The van der Waals surface area contributed by atoms with Crippen molar-refractivity contribution in [2.75, 3.05) is 31.1 Å². The lowest BCUT2D eigenvalue weighted by Gasteiger charge is -2.36. The molecule has 1 aromatic heterocycles. The van der Waals surface area contributed by atoms with Gasteiger partial charge in [0.15, 0.2) is 0 Å². The minimum atomic E-state index is 0.121. The van der Waals surface area contributed by atoms with Crippen LogP contribution >= 0.6 is 0 Å². The topological polar surface area (TPSA) is 28.5 Å². The van der Waals surface area contributed by atoms with E-state index < -0.39 is 0 Å². The molecule has 0 bridgehead atoms. The van der Waals surface area contributed by atoms with Crippen molar-refractivity contribution in [2.24, 2.45) is 0 Å². The molecule has 4 heteroatoms. The van der Waals surface area contributed by atoms with Crippen LogP contribution in [0.3, 0.4) is 0 Å². The summed E-state index contributed by atoms with van der Waals surface area (Å²) in [6.45, 7) is 7.44. The maximum Gasteiger partial charge on any atom is 0.253 e. The Morgan fingerprint density at radius 1 is 0.704 bits per heavy atom. The number of benzene rings is 2. The predicted octanol–water partition coefficient (Wildman–Crippen LogP) is 4.06. The van der Waals surface area contributed by atoms with Crippen molar-refractivity contribution < 1.29 is 4.79 Å². The number of aryl methyl sites for hydroxylation is 2. The lowest BCUT2D eigenvalue weighted by atomic mass is 10.1. The summed E-state index contributed by atoms with van der Waals surface area (Å²) in [5, 5.41) is 0. The molecule has 4 rings (SSSR count). The highest BCUT2D eigenvalue weighted by Gasteiger charge is 2.22. The summed E-state index contributed by atoms with van der Waals surface area (Å²) in [6.07, 6.45) is 0. The highest BCUT2D eigenvalue weighted by Crippen LogP contribution is 2.19. The first-order chi connectivity index (χ1) is 13.1. The van der Waals surface area contributed by atoms with Gasteiger partial charge in [-0.1, -0.05) is 18.2 Å². The van der Waals surface area contributed by atoms with Crippen molar-refractivity contribution >= 4 is 11.6 Å². The van der Waals surface area contributed by atoms with Gasteiger partial charge in [0.05, 0.1) is 0 Å². The number of nitrogens with zero attached hydrogens (tertiary/aromatic N) is 3. The van der Waals surface area contributed by atoms with Gasteiger partial charge < -0.3 is 14.4 Å². The van der Waals surface area contributed by atoms with Crippen molar-refractivity contribution in [1.29, 1.82) is 0 Å². The molecule has 0 spiro atoms. The number of aromatic nitrogens is 1. The van der Waals surface area contributed by atoms with Gasteiger partial charge in [-0.25, -0.2) is 0 Å². The van der Waals surface area contributed by atoms with Gasteiger partial charge in [0.1, 0.15) is 0 Å². The van der Waals surface area contributed by atoms with E-state index in [2.05, 4.69) is 59.7 Å². The maximum absolute atomic E-state index is 12.9. The Morgan fingerprint density at radius 3 is 1.89 bits per heavy atom. The smallest absolute Gasteiger partial charge is 0.253 e. The Morgan fingerprint density at radius 2 is 1.30 bits per heavy atom. The molecule has 0 N–H and O–H groups in total. The number of anilines is 1. The molecule has 1 aliphatic heterocycles. The van der Waals surface area contributed by atoms with Gasteiger partial charge in [0, 0.05) is 54.5 Å². The zero-order valence-electron chi connectivity index (χ0n) is 15.9. The van der Waals surface area contributed by atoms with Crippen LogP contribution in [0.1, 0.15) is 21.7 Å². The zero-order valence-corrected chi connectivity index (χ0v) is 15.9. The van der Waals surface area contributed by atoms with E-state index in [0.29, 0.717) is 0 Å². The first-order valence-electron chi connectivity index (χ1n) is 9.48. The number of carbonyl (C=O) groups is 1. The monoisotopic (exact) mass is 359 g/mol. The number of hydrogen-bond acceptors (Lipinski definition) is 2. The summed E-state index contributed by atoms with van der Waals surface area (Å²) >= 11 is 0. The molecule has 0 atom stereocenters. The largest absolute Gasteiger partial charge is 0.368 e. The van der Waals surface area contributed by atoms with Gasteiger partial charge >= 0.3 is 0 Å². The molecular weight excluding hydrogens is 334 g/mol. The second kappa shape index (κ2) is 7.31. The van der Waals surface area contributed by atoms with Crippen molar-refractivity contribution in [3.8, 4) is 5.69 Å². The number of piperazine rings is 1. The summed E-state index contributed by atoms with van der Waals surface area (Å²) in [5.74, 6) is 0.121. The molecule has 0 aliphatic carbocycles. The van der Waals surface area contributed by atoms with Crippen LogP contribution in [0.25, 0.3) is 5.69 Å². The van der Waals surface area contributed by atoms with E-state index in [4.69, 9.17) is 0 Å². The minimum absolute atomic E-state index is 0.121. The van der Waals surface area contributed by atoms with Crippen molar-refractivity contribution in [3.05, 3.63) is 83.7 Å². The molecule has 0 saturated carbocycles. The lowest BCUT2D eigenvalue weighted by molar-refractivity contribution is 0.0747. The van der Waals surface area contributed by atoms with E-state index in [-0.39, 0.29) is 5.91 Å². The molecule has 0 unspecified atom stereocenters. The summed E-state index contributed by atoms with van der Waals surface area (Å²) in [6, 6.07) is 22.6. The summed E-state index contributed by atoms with van der Waals surface area (Å²) < 4.78 is 2.20. The highest BCUT2D eigenvalue weighted by atomic mass is 16.2. The van der Waals surface area contributed by atoms with Gasteiger partial charge in [-0.3, -0.25) is 4.79 Å². The van der Waals surface area contributed by atoms with Crippen LogP contribution in [0.5, 0.6) is 0 Å². The van der Waals surface area contributed by atoms with Gasteiger partial charge in [-0.2, -0.15) is 0 Å². The van der Waals surface area contributed by atoms with Crippen LogP contribution in [0.4, 0.5) is 5.69 Å². The number of para-hydroxylation sites is 1. The van der Waals surface area contributed by atoms with Crippen LogP contribution in [-0.2, 0) is 0 Å². The predicted molar refractivity (Wildman–Crippen MR) is 110 cm³/mol. The lowest BCUT2D eigenvalue weighted by Crippen LogP contribution is -2.48. The Hall–Kier alpha value is -3.01. The second-order valence-electron chi connectivity index (χ2n) is 7.11. The minimum Gasteiger partial charge on any atom is -0.368 e. The molecule has 3 aromatic rings. The molecule has 1 fully saturated rings. The molecule has 138 valence electrons.